The molecule has 2 aromatic carbocycles. The van der Waals surface area contributed by atoms with Gasteiger partial charge in [0.1, 0.15) is 11.5 Å². The maximum atomic E-state index is 12.1. The van der Waals surface area contributed by atoms with E-state index in [2.05, 4.69) is 5.32 Å². The Kier molecular flexibility index (Phi) is 5.01. The molecule has 0 atom stereocenters. The zero-order valence-electron chi connectivity index (χ0n) is 13.2. The maximum absolute atomic E-state index is 12.1. The topological polar surface area (TPSA) is 67.9 Å². The first-order valence-corrected chi connectivity index (χ1v) is 8.11. The van der Waals surface area contributed by atoms with Gasteiger partial charge in [-0.2, -0.15) is 0 Å². The molecule has 1 heterocycles. The summed E-state index contributed by atoms with van der Waals surface area (Å²) in [4.78, 5) is 25.2. The minimum atomic E-state index is -0.364. The Morgan fingerprint density at radius 2 is 2.08 bits per heavy atom. The lowest BCUT2D eigenvalue weighted by molar-refractivity contribution is -0.121. The van der Waals surface area contributed by atoms with Crippen LogP contribution in [0.15, 0.2) is 36.4 Å². The highest BCUT2D eigenvalue weighted by molar-refractivity contribution is 6.35. The molecule has 0 spiro atoms. The predicted octanol–water partition coefficient (Wildman–Crippen LogP) is 3.37. The number of amides is 2. The Morgan fingerprint density at radius 3 is 2.84 bits per heavy atom. The second kappa shape index (κ2) is 7.21. The molecule has 0 aliphatic carbocycles. The summed E-state index contributed by atoms with van der Waals surface area (Å²) in [5, 5.41) is 3.51. The van der Waals surface area contributed by atoms with Gasteiger partial charge in [0, 0.05) is 17.8 Å². The maximum Gasteiger partial charge on any atom is 0.264 e. The van der Waals surface area contributed by atoms with Crippen molar-refractivity contribution in [3.05, 3.63) is 46.4 Å². The standard InChI is InChI=1S/C17H14Cl2N2O4/c1-21-13-7-11(3-5-15(13)25-9-17(21)23)20-16(22)8-24-14-4-2-10(18)6-12(14)19/h2-7H,8-9H2,1H3,(H,20,22). The van der Waals surface area contributed by atoms with E-state index in [-0.39, 0.29) is 25.0 Å². The number of hydrogen-bond acceptors (Lipinski definition) is 4. The van der Waals surface area contributed by atoms with Gasteiger partial charge in [-0.15, -0.1) is 0 Å². The van der Waals surface area contributed by atoms with E-state index in [1.165, 1.54) is 11.0 Å². The summed E-state index contributed by atoms with van der Waals surface area (Å²) in [6.45, 7) is -0.214. The van der Waals surface area contributed by atoms with Crippen LogP contribution in [0, 0.1) is 0 Å². The summed E-state index contributed by atoms with van der Waals surface area (Å²) in [5.41, 5.74) is 1.12. The van der Waals surface area contributed by atoms with Crippen LogP contribution in [-0.2, 0) is 9.59 Å². The third-order valence-electron chi connectivity index (χ3n) is 3.58. The van der Waals surface area contributed by atoms with Gasteiger partial charge >= 0.3 is 0 Å². The Bertz CT molecular complexity index is 841. The normalized spacial score (nSPS) is 13.1. The van der Waals surface area contributed by atoms with Gasteiger partial charge in [-0.25, -0.2) is 0 Å². The highest BCUT2D eigenvalue weighted by Crippen LogP contribution is 2.33. The van der Waals surface area contributed by atoms with Crippen molar-refractivity contribution >= 4 is 46.4 Å². The number of nitrogens with one attached hydrogen (secondary N) is 1. The first kappa shape index (κ1) is 17.4. The van der Waals surface area contributed by atoms with E-state index < -0.39 is 0 Å². The van der Waals surface area contributed by atoms with Crippen molar-refractivity contribution in [2.45, 2.75) is 0 Å². The van der Waals surface area contributed by atoms with Gasteiger partial charge in [0.25, 0.3) is 11.8 Å². The van der Waals surface area contributed by atoms with Gasteiger partial charge in [0.2, 0.25) is 0 Å². The molecular formula is C17H14Cl2N2O4. The molecule has 3 rings (SSSR count). The second-order valence-corrected chi connectivity index (χ2v) is 6.18. The van der Waals surface area contributed by atoms with Crippen LogP contribution < -0.4 is 19.7 Å². The fourth-order valence-corrected chi connectivity index (χ4v) is 2.75. The number of likely N-dealkylation sites (N-methyl/N-ethyl adjacent to an activating group) is 1. The Hall–Kier alpha value is -2.44. The summed E-state index contributed by atoms with van der Waals surface area (Å²) >= 11 is 11.8. The summed E-state index contributed by atoms with van der Waals surface area (Å²) in [7, 11) is 1.65. The number of hydrogen-bond donors (Lipinski definition) is 1. The van der Waals surface area contributed by atoms with Gasteiger partial charge < -0.3 is 19.7 Å². The van der Waals surface area contributed by atoms with E-state index in [1.54, 1.807) is 37.4 Å². The SMILES string of the molecule is CN1C(=O)COc2ccc(NC(=O)COc3ccc(Cl)cc3Cl)cc21. The fraction of sp³-hybridized carbons (Fsp3) is 0.176. The molecule has 1 N–H and O–H groups in total. The average Bonchev–Trinajstić information content (AvgIpc) is 2.58. The Balaban J connectivity index is 1.64. The Labute approximate surface area is 154 Å². The van der Waals surface area contributed by atoms with Crippen LogP contribution in [0.1, 0.15) is 0 Å². The number of halogens is 2. The molecule has 8 heteroatoms. The number of ether oxygens (including phenoxy) is 2. The van der Waals surface area contributed by atoms with Crippen LogP contribution in [0.4, 0.5) is 11.4 Å². The van der Waals surface area contributed by atoms with E-state index in [4.69, 9.17) is 32.7 Å². The molecule has 2 amide bonds. The molecular weight excluding hydrogens is 367 g/mol. The largest absolute Gasteiger partial charge is 0.482 e. The minimum Gasteiger partial charge on any atom is -0.482 e. The van der Waals surface area contributed by atoms with E-state index >= 15 is 0 Å². The Morgan fingerprint density at radius 1 is 1.28 bits per heavy atom. The van der Waals surface area contributed by atoms with Crippen molar-refractivity contribution in [3.8, 4) is 11.5 Å². The lowest BCUT2D eigenvalue weighted by Crippen LogP contribution is -2.35. The number of nitrogens with zero attached hydrogens (tertiary/aromatic N) is 1. The second-order valence-electron chi connectivity index (χ2n) is 5.34. The first-order valence-electron chi connectivity index (χ1n) is 7.35. The molecule has 0 unspecified atom stereocenters. The van der Waals surface area contributed by atoms with Crippen molar-refractivity contribution in [2.75, 3.05) is 30.5 Å². The van der Waals surface area contributed by atoms with Crippen LogP contribution in [0.2, 0.25) is 10.0 Å². The number of rotatable bonds is 4. The number of anilines is 2. The van der Waals surface area contributed by atoms with Crippen LogP contribution in [0.3, 0.4) is 0 Å². The van der Waals surface area contributed by atoms with Crippen LogP contribution in [0.25, 0.3) is 0 Å². The third-order valence-corrected chi connectivity index (χ3v) is 4.11. The fourth-order valence-electron chi connectivity index (χ4n) is 2.28. The lowest BCUT2D eigenvalue weighted by Gasteiger charge is -2.26. The zero-order valence-corrected chi connectivity index (χ0v) is 14.7. The lowest BCUT2D eigenvalue weighted by atomic mass is 10.2. The zero-order chi connectivity index (χ0) is 18.0. The van der Waals surface area contributed by atoms with Crippen molar-refractivity contribution < 1.29 is 19.1 Å². The highest BCUT2D eigenvalue weighted by atomic mass is 35.5. The highest BCUT2D eigenvalue weighted by Gasteiger charge is 2.22. The van der Waals surface area contributed by atoms with Gasteiger partial charge in [-0.3, -0.25) is 9.59 Å². The molecule has 25 heavy (non-hydrogen) atoms. The smallest absolute Gasteiger partial charge is 0.264 e. The molecule has 1 aliphatic heterocycles. The number of carbonyl (C=O) groups excluding carboxylic acids is 2. The van der Waals surface area contributed by atoms with Gasteiger partial charge in [0.05, 0.1) is 10.7 Å². The molecule has 0 bridgehead atoms. The molecule has 2 aromatic rings. The minimum absolute atomic E-state index is 0.00486. The van der Waals surface area contributed by atoms with E-state index in [0.29, 0.717) is 32.9 Å². The van der Waals surface area contributed by atoms with Crippen molar-refractivity contribution in [1.82, 2.24) is 0 Å². The van der Waals surface area contributed by atoms with E-state index in [0.717, 1.165) is 0 Å². The summed E-state index contributed by atoms with van der Waals surface area (Å²) in [5.74, 6) is 0.433. The van der Waals surface area contributed by atoms with Gasteiger partial charge in [-0.05, 0) is 36.4 Å². The summed E-state index contributed by atoms with van der Waals surface area (Å²) in [6, 6.07) is 9.80. The van der Waals surface area contributed by atoms with E-state index in [9.17, 15) is 9.59 Å². The molecule has 0 radical (unpaired) electrons. The van der Waals surface area contributed by atoms with Gasteiger partial charge in [0.15, 0.2) is 13.2 Å². The number of fused-ring (bicyclic) bond motifs is 1. The quantitative estimate of drug-likeness (QED) is 0.882. The summed E-state index contributed by atoms with van der Waals surface area (Å²) in [6.07, 6.45) is 0. The first-order chi connectivity index (χ1) is 11.9. The molecule has 130 valence electrons. The van der Waals surface area contributed by atoms with Crippen LogP contribution >= 0.6 is 23.2 Å². The van der Waals surface area contributed by atoms with Crippen molar-refractivity contribution in [3.63, 3.8) is 0 Å². The van der Waals surface area contributed by atoms with Crippen molar-refractivity contribution in [1.29, 1.82) is 0 Å². The summed E-state index contributed by atoms with van der Waals surface area (Å²) < 4.78 is 10.7. The number of benzene rings is 2. The van der Waals surface area contributed by atoms with E-state index in [1.807, 2.05) is 0 Å². The predicted molar refractivity (Wildman–Crippen MR) is 95.9 cm³/mol. The van der Waals surface area contributed by atoms with Gasteiger partial charge in [-0.1, -0.05) is 23.2 Å². The molecule has 0 fully saturated rings. The molecule has 6 nitrogen and oxygen atoms in total. The molecule has 0 aromatic heterocycles. The van der Waals surface area contributed by atoms with Crippen LogP contribution in [-0.4, -0.2) is 32.1 Å². The molecule has 0 saturated heterocycles. The van der Waals surface area contributed by atoms with Crippen molar-refractivity contribution in [2.24, 2.45) is 0 Å². The average molecular weight is 381 g/mol. The number of carbonyl (C=O) groups is 2. The molecule has 0 saturated carbocycles. The monoisotopic (exact) mass is 380 g/mol. The third kappa shape index (κ3) is 3.97. The van der Waals surface area contributed by atoms with Crippen LogP contribution in [0.5, 0.6) is 11.5 Å². The molecule has 1 aliphatic rings.